The molecule has 5 heteroatoms. The van der Waals surface area contributed by atoms with Crippen molar-refractivity contribution in [2.75, 3.05) is 0 Å². The Balaban J connectivity index is 1.68. The zero-order chi connectivity index (χ0) is 14.4. The fraction of sp³-hybridized carbons (Fsp3) is 0.438. The van der Waals surface area contributed by atoms with Gasteiger partial charge in [0.15, 0.2) is 5.82 Å². The number of benzene rings is 1. The molecule has 2 aromatic heterocycles. The van der Waals surface area contributed by atoms with Gasteiger partial charge in [-0.15, -0.1) is 0 Å². The summed E-state index contributed by atoms with van der Waals surface area (Å²) in [5, 5.41) is 4.13. The molecule has 21 heavy (non-hydrogen) atoms. The molecule has 1 aliphatic rings. The zero-order valence-corrected chi connectivity index (χ0v) is 12.3. The first-order valence-corrected chi connectivity index (χ1v) is 7.53. The van der Waals surface area contributed by atoms with Crippen LogP contribution in [0.2, 0.25) is 0 Å². The minimum Gasteiger partial charge on any atom is -0.339 e. The van der Waals surface area contributed by atoms with E-state index in [1.165, 1.54) is 0 Å². The Morgan fingerprint density at radius 3 is 2.86 bits per heavy atom. The van der Waals surface area contributed by atoms with E-state index in [2.05, 4.69) is 39.6 Å². The largest absolute Gasteiger partial charge is 0.339 e. The van der Waals surface area contributed by atoms with Gasteiger partial charge in [0.2, 0.25) is 5.89 Å². The van der Waals surface area contributed by atoms with Gasteiger partial charge in [-0.25, -0.2) is 4.98 Å². The Hall–Kier alpha value is -2.17. The average Bonchev–Trinajstić information content (AvgIpc) is 2.94. The van der Waals surface area contributed by atoms with Crippen LogP contribution in [0.15, 0.2) is 28.8 Å². The highest BCUT2D eigenvalue weighted by atomic mass is 16.5. The molecular weight excluding hydrogens is 264 g/mol. The summed E-state index contributed by atoms with van der Waals surface area (Å²) in [6.45, 7) is 4.95. The molecule has 0 saturated heterocycles. The second kappa shape index (κ2) is 4.69. The third-order valence-electron chi connectivity index (χ3n) is 4.26. The van der Waals surface area contributed by atoms with Gasteiger partial charge in [-0.2, -0.15) is 4.98 Å². The number of rotatable bonds is 4. The number of aryl methyl sites for hydroxylation is 1. The second-order valence-electron chi connectivity index (χ2n) is 5.82. The molecule has 0 spiro atoms. The van der Waals surface area contributed by atoms with Gasteiger partial charge < -0.3 is 9.09 Å². The minimum absolute atomic E-state index is 0.469. The van der Waals surface area contributed by atoms with E-state index in [-0.39, 0.29) is 0 Å². The van der Waals surface area contributed by atoms with Crippen molar-refractivity contribution in [2.24, 2.45) is 5.92 Å². The molecule has 0 amide bonds. The Morgan fingerprint density at radius 2 is 2.10 bits per heavy atom. The summed E-state index contributed by atoms with van der Waals surface area (Å²) in [5.41, 5.74) is 2.15. The van der Waals surface area contributed by atoms with E-state index in [4.69, 9.17) is 4.52 Å². The summed E-state index contributed by atoms with van der Waals surface area (Å²) in [6, 6.07) is 8.18. The van der Waals surface area contributed by atoms with Crippen LogP contribution in [0.5, 0.6) is 0 Å². The van der Waals surface area contributed by atoms with Crippen molar-refractivity contribution >= 4 is 11.0 Å². The van der Waals surface area contributed by atoms with Gasteiger partial charge in [-0.3, -0.25) is 0 Å². The van der Waals surface area contributed by atoms with E-state index in [0.717, 1.165) is 41.4 Å². The van der Waals surface area contributed by atoms with Crippen molar-refractivity contribution in [2.45, 2.75) is 39.2 Å². The predicted molar refractivity (Wildman–Crippen MR) is 79.0 cm³/mol. The van der Waals surface area contributed by atoms with Crippen molar-refractivity contribution in [3.63, 3.8) is 0 Å². The van der Waals surface area contributed by atoms with E-state index in [0.29, 0.717) is 18.4 Å². The topological polar surface area (TPSA) is 56.7 Å². The van der Waals surface area contributed by atoms with Crippen LogP contribution in [-0.4, -0.2) is 19.7 Å². The van der Waals surface area contributed by atoms with Crippen LogP contribution >= 0.6 is 0 Å². The fourth-order valence-corrected chi connectivity index (χ4v) is 2.86. The standard InChI is InChI=1S/C16H18N4O/c1-3-15-17-12-6-4-5-7-13(12)20(15)9-14-18-16(21-19-14)11-8-10(11)2/h4-7,10-11H,3,8-9H2,1-2H3/t10-,11-/m1/s1. The average molecular weight is 282 g/mol. The van der Waals surface area contributed by atoms with Crippen molar-refractivity contribution in [1.82, 2.24) is 19.7 Å². The lowest BCUT2D eigenvalue weighted by Gasteiger charge is -2.04. The molecule has 4 rings (SSSR count). The fourth-order valence-electron chi connectivity index (χ4n) is 2.86. The summed E-state index contributed by atoms with van der Waals surface area (Å²) in [5.74, 6) is 3.74. The van der Waals surface area contributed by atoms with Crippen LogP contribution in [-0.2, 0) is 13.0 Å². The molecule has 0 unspecified atom stereocenters. The molecule has 0 N–H and O–H groups in total. The molecule has 0 aliphatic heterocycles. The second-order valence-corrected chi connectivity index (χ2v) is 5.82. The van der Waals surface area contributed by atoms with Gasteiger partial charge in [0.05, 0.1) is 17.6 Å². The first kappa shape index (κ1) is 12.6. The van der Waals surface area contributed by atoms with Gasteiger partial charge in [0, 0.05) is 12.3 Å². The van der Waals surface area contributed by atoms with Gasteiger partial charge in [-0.1, -0.05) is 31.1 Å². The van der Waals surface area contributed by atoms with E-state index in [9.17, 15) is 0 Å². The highest BCUT2D eigenvalue weighted by Gasteiger charge is 2.38. The molecule has 5 nitrogen and oxygen atoms in total. The number of aromatic nitrogens is 4. The van der Waals surface area contributed by atoms with Crippen molar-refractivity contribution in [3.8, 4) is 0 Å². The summed E-state index contributed by atoms with van der Waals surface area (Å²) >= 11 is 0. The third-order valence-corrected chi connectivity index (χ3v) is 4.26. The van der Waals surface area contributed by atoms with Gasteiger partial charge >= 0.3 is 0 Å². The lowest BCUT2D eigenvalue weighted by atomic mass is 10.3. The third kappa shape index (κ3) is 2.13. The molecule has 108 valence electrons. The molecule has 0 bridgehead atoms. The zero-order valence-electron chi connectivity index (χ0n) is 12.3. The van der Waals surface area contributed by atoms with E-state index < -0.39 is 0 Å². The minimum atomic E-state index is 0.469. The van der Waals surface area contributed by atoms with E-state index in [1.807, 2.05) is 18.2 Å². The van der Waals surface area contributed by atoms with Crippen LogP contribution in [0.4, 0.5) is 0 Å². The highest BCUT2D eigenvalue weighted by Crippen LogP contribution is 2.46. The number of hydrogen-bond donors (Lipinski definition) is 0. The molecule has 1 aliphatic carbocycles. The van der Waals surface area contributed by atoms with E-state index in [1.54, 1.807) is 0 Å². The molecule has 2 heterocycles. The quantitative estimate of drug-likeness (QED) is 0.737. The number of nitrogens with zero attached hydrogens (tertiary/aromatic N) is 4. The molecule has 0 radical (unpaired) electrons. The van der Waals surface area contributed by atoms with Gasteiger partial charge in [-0.05, 0) is 24.5 Å². The smallest absolute Gasteiger partial charge is 0.230 e. The van der Waals surface area contributed by atoms with Crippen LogP contribution in [0, 0.1) is 5.92 Å². The van der Waals surface area contributed by atoms with Crippen LogP contribution < -0.4 is 0 Å². The van der Waals surface area contributed by atoms with Crippen LogP contribution in [0.1, 0.15) is 43.7 Å². The highest BCUT2D eigenvalue weighted by molar-refractivity contribution is 5.75. The predicted octanol–water partition coefficient (Wildman–Crippen LogP) is 3.15. The Morgan fingerprint density at radius 1 is 1.29 bits per heavy atom. The van der Waals surface area contributed by atoms with Crippen LogP contribution in [0.3, 0.4) is 0 Å². The number of fused-ring (bicyclic) bond motifs is 1. The first-order valence-electron chi connectivity index (χ1n) is 7.53. The monoisotopic (exact) mass is 282 g/mol. The Labute approximate surface area is 123 Å². The Bertz CT molecular complexity index is 789. The first-order chi connectivity index (χ1) is 10.3. The lowest BCUT2D eigenvalue weighted by molar-refractivity contribution is 0.370. The summed E-state index contributed by atoms with van der Waals surface area (Å²) < 4.78 is 7.58. The van der Waals surface area contributed by atoms with Crippen LogP contribution in [0.25, 0.3) is 11.0 Å². The molecule has 1 fully saturated rings. The lowest BCUT2D eigenvalue weighted by Crippen LogP contribution is -2.05. The number of hydrogen-bond acceptors (Lipinski definition) is 4. The summed E-state index contributed by atoms with van der Waals surface area (Å²) in [4.78, 5) is 9.22. The maximum atomic E-state index is 5.40. The molecule has 1 aromatic carbocycles. The SMILES string of the molecule is CCc1nc2ccccc2n1Cc1noc([C@@H]2C[C@H]2C)n1. The molecule has 2 atom stereocenters. The maximum absolute atomic E-state index is 5.40. The maximum Gasteiger partial charge on any atom is 0.230 e. The van der Waals surface area contributed by atoms with Crippen molar-refractivity contribution in [3.05, 3.63) is 41.8 Å². The normalized spacial score (nSPS) is 21.0. The van der Waals surface area contributed by atoms with Crippen molar-refractivity contribution in [1.29, 1.82) is 0 Å². The molecule has 3 aromatic rings. The summed E-state index contributed by atoms with van der Waals surface area (Å²) in [7, 11) is 0. The van der Waals surface area contributed by atoms with Crippen molar-refractivity contribution < 1.29 is 4.52 Å². The van der Waals surface area contributed by atoms with Gasteiger partial charge in [0.1, 0.15) is 5.82 Å². The molecule has 1 saturated carbocycles. The summed E-state index contributed by atoms with van der Waals surface area (Å²) in [6.07, 6.45) is 2.05. The van der Waals surface area contributed by atoms with E-state index >= 15 is 0 Å². The number of para-hydroxylation sites is 2. The molecular formula is C16H18N4O. The Kier molecular flexibility index (Phi) is 2.80. The van der Waals surface area contributed by atoms with Gasteiger partial charge in [0.25, 0.3) is 0 Å². The number of imidazole rings is 1.